The van der Waals surface area contributed by atoms with Gasteiger partial charge in [-0.25, -0.2) is 0 Å². The summed E-state index contributed by atoms with van der Waals surface area (Å²) in [5.41, 5.74) is 9.59. The van der Waals surface area contributed by atoms with Crippen LogP contribution in [0.5, 0.6) is 0 Å². The molecule has 0 fully saturated rings. The first kappa shape index (κ1) is 13.2. The molecule has 1 nitrogen and oxygen atoms in total. The van der Waals surface area contributed by atoms with Crippen molar-refractivity contribution in [3.8, 4) is 0 Å². The molecule has 2 N–H and O–H groups in total. The van der Waals surface area contributed by atoms with Crippen molar-refractivity contribution in [1.82, 2.24) is 0 Å². The van der Waals surface area contributed by atoms with Gasteiger partial charge in [0.25, 0.3) is 0 Å². The van der Waals surface area contributed by atoms with E-state index in [9.17, 15) is 0 Å². The fourth-order valence-corrected chi connectivity index (χ4v) is 3.86. The second-order valence-corrected chi connectivity index (χ2v) is 10.4. The monoisotopic (exact) mass is 233 g/mol. The van der Waals surface area contributed by atoms with Gasteiger partial charge in [0.2, 0.25) is 0 Å². The Balaban J connectivity index is 3.38. The SMILES string of the molecule is C=C(C)c1cccc([Si](C)(C)C)c1CCN. The van der Waals surface area contributed by atoms with E-state index in [1.165, 1.54) is 16.3 Å². The van der Waals surface area contributed by atoms with Crippen LogP contribution in [0.4, 0.5) is 0 Å². The van der Waals surface area contributed by atoms with Crippen molar-refractivity contribution >= 4 is 18.8 Å². The van der Waals surface area contributed by atoms with E-state index in [4.69, 9.17) is 5.73 Å². The number of benzene rings is 1. The summed E-state index contributed by atoms with van der Waals surface area (Å²) in [4.78, 5) is 0. The molecule has 0 heterocycles. The first-order chi connectivity index (χ1) is 7.38. The van der Waals surface area contributed by atoms with Crippen LogP contribution in [0, 0.1) is 0 Å². The molecule has 0 aliphatic carbocycles. The van der Waals surface area contributed by atoms with Gasteiger partial charge in [-0.15, -0.1) is 0 Å². The predicted molar refractivity (Wildman–Crippen MR) is 76.9 cm³/mol. The molecule has 2 heteroatoms. The first-order valence-electron chi connectivity index (χ1n) is 5.86. The maximum atomic E-state index is 5.73. The molecule has 0 aromatic heterocycles. The molecule has 16 heavy (non-hydrogen) atoms. The molecule has 0 saturated heterocycles. The van der Waals surface area contributed by atoms with Crippen molar-refractivity contribution in [1.29, 1.82) is 0 Å². The van der Waals surface area contributed by atoms with E-state index in [1.54, 1.807) is 0 Å². The van der Waals surface area contributed by atoms with Crippen LogP contribution < -0.4 is 10.9 Å². The summed E-state index contributed by atoms with van der Waals surface area (Å²) in [6.07, 6.45) is 0.961. The van der Waals surface area contributed by atoms with Gasteiger partial charge in [0.1, 0.15) is 0 Å². The van der Waals surface area contributed by atoms with Crippen molar-refractivity contribution in [2.75, 3.05) is 6.54 Å². The van der Waals surface area contributed by atoms with Crippen LogP contribution in [-0.4, -0.2) is 14.6 Å². The molecule has 0 radical (unpaired) electrons. The first-order valence-corrected chi connectivity index (χ1v) is 9.36. The Labute approximate surface area is 100 Å². The molecule has 0 atom stereocenters. The highest BCUT2D eigenvalue weighted by atomic mass is 28.3. The number of rotatable bonds is 4. The summed E-state index contributed by atoms with van der Waals surface area (Å²) in [6.45, 7) is 14.0. The van der Waals surface area contributed by atoms with E-state index in [2.05, 4.69) is 51.3 Å². The smallest absolute Gasteiger partial charge is 0.0779 e. The van der Waals surface area contributed by atoms with Gasteiger partial charge >= 0.3 is 0 Å². The lowest BCUT2D eigenvalue weighted by Gasteiger charge is -2.23. The molecule has 0 aliphatic rings. The van der Waals surface area contributed by atoms with Crippen LogP contribution >= 0.6 is 0 Å². The Morgan fingerprint density at radius 2 is 1.94 bits per heavy atom. The third-order valence-electron chi connectivity index (χ3n) is 2.84. The summed E-state index contributed by atoms with van der Waals surface area (Å²) in [6, 6.07) is 6.58. The summed E-state index contributed by atoms with van der Waals surface area (Å²) < 4.78 is 0. The number of nitrogens with two attached hydrogens (primary N) is 1. The Kier molecular flexibility index (Phi) is 4.11. The lowest BCUT2D eigenvalue weighted by molar-refractivity contribution is 0.969. The molecule has 1 aromatic carbocycles. The minimum Gasteiger partial charge on any atom is -0.330 e. The van der Waals surface area contributed by atoms with E-state index < -0.39 is 8.07 Å². The Bertz CT molecular complexity index is 388. The van der Waals surface area contributed by atoms with Crippen LogP contribution in [0.1, 0.15) is 18.1 Å². The molecule has 88 valence electrons. The zero-order valence-corrected chi connectivity index (χ0v) is 11.9. The van der Waals surface area contributed by atoms with Crippen molar-refractivity contribution < 1.29 is 0 Å². The largest absolute Gasteiger partial charge is 0.330 e. The molecule has 1 aromatic rings. The quantitative estimate of drug-likeness (QED) is 0.795. The maximum Gasteiger partial charge on any atom is 0.0779 e. The highest BCUT2D eigenvalue weighted by Crippen LogP contribution is 2.19. The van der Waals surface area contributed by atoms with Crippen LogP contribution in [0.15, 0.2) is 24.8 Å². The standard InChI is InChI=1S/C14H23NSi/c1-11(2)12-7-6-8-14(16(3,4)5)13(12)9-10-15/h6-8H,1,9-10,15H2,2-5H3. The fraction of sp³-hybridized carbons (Fsp3) is 0.429. The second kappa shape index (κ2) is 4.98. The normalized spacial score (nSPS) is 11.6. The van der Waals surface area contributed by atoms with Crippen LogP contribution in [0.2, 0.25) is 19.6 Å². The maximum absolute atomic E-state index is 5.73. The van der Waals surface area contributed by atoms with E-state index in [0.717, 1.165) is 12.0 Å². The zero-order valence-electron chi connectivity index (χ0n) is 10.9. The Hall–Kier alpha value is -0.863. The Morgan fingerprint density at radius 1 is 1.31 bits per heavy atom. The molecule has 0 saturated carbocycles. The summed E-state index contributed by atoms with van der Waals surface area (Å²) in [5.74, 6) is 0. The third-order valence-corrected chi connectivity index (χ3v) is 4.92. The molecule has 0 bridgehead atoms. The van der Waals surface area contributed by atoms with E-state index in [1.807, 2.05) is 0 Å². The number of allylic oxidation sites excluding steroid dienone is 1. The average Bonchev–Trinajstić information content (AvgIpc) is 2.16. The third kappa shape index (κ3) is 2.83. The Morgan fingerprint density at radius 3 is 2.38 bits per heavy atom. The molecular weight excluding hydrogens is 210 g/mol. The highest BCUT2D eigenvalue weighted by molar-refractivity contribution is 6.89. The lowest BCUT2D eigenvalue weighted by Crippen LogP contribution is -2.41. The predicted octanol–water partition coefficient (Wildman–Crippen LogP) is 2.77. The van der Waals surface area contributed by atoms with Gasteiger partial charge in [-0.1, -0.05) is 55.2 Å². The fourth-order valence-electron chi connectivity index (χ4n) is 2.10. The summed E-state index contributed by atoms with van der Waals surface area (Å²) in [5, 5.41) is 1.53. The van der Waals surface area contributed by atoms with Crippen molar-refractivity contribution in [3.63, 3.8) is 0 Å². The van der Waals surface area contributed by atoms with E-state index in [0.29, 0.717) is 6.54 Å². The summed E-state index contributed by atoms with van der Waals surface area (Å²) >= 11 is 0. The minimum atomic E-state index is -1.29. The minimum absolute atomic E-state index is 0.710. The van der Waals surface area contributed by atoms with E-state index in [-0.39, 0.29) is 0 Å². The molecule has 1 rings (SSSR count). The van der Waals surface area contributed by atoms with Gasteiger partial charge in [-0.3, -0.25) is 0 Å². The van der Waals surface area contributed by atoms with Gasteiger partial charge in [-0.05, 0) is 31.0 Å². The van der Waals surface area contributed by atoms with E-state index >= 15 is 0 Å². The van der Waals surface area contributed by atoms with Gasteiger partial charge in [0.05, 0.1) is 8.07 Å². The van der Waals surface area contributed by atoms with Gasteiger partial charge < -0.3 is 5.73 Å². The van der Waals surface area contributed by atoms with Crippen molar-refractivity contribution in [2.45, 2.75) is 33.0 Å². The number of hydrogen-bond donors (Lipinski definition) is 1. The molecule has 0 aliphatic heterocycles. The molecule has 0 spiro atoms. The lowest BCUT2D eigenvalue weighted by atomic mass is 9.99. The highest BCUT2D eigenvalue weighted by Gasteiger charge is 2.21. The molecular formula is C14H23NSi. The van der Waals surface area contributed by atoms with Crippen molar-refractivity contribution in [3.05, 3.63) is 35.9 Å². The zero-order chi connectivity index (χ0) is 12.3. The molecule has 0 amide bonds. The van der Waals surface area contributed by atoms with Crippen molar-refractivity contribution in [2.24, 2.45) is 5.73 Å². The topological polar surface area (TPSA) is 26.0 Å². The van der Waals surface area contributed by atoms with Crippen LogP contribution in [-0.2, 0) is 6.42 Å². The van der Waals surface area contributed by atoms with Gasteiger partial charge in [0, 0.05) is 0 Å². The van der Waals surface area contributed by atoms with Crippen LogP contribution in [0.25, 0.3) is 5.57 Å². The van der Waals surface area contributed by atoms with Gasteiger partial charge in [-0.2, -0.15) is 0 Å². The van der Waals surface area contributed by atoms with Crippen LogP contribution in [0.3, 0.4) is 0 Å². The average molecular weight is 233 g/mol. The summed E-state index contributed by atoms with van der Waals surface area (Å²) in [7, 11) is -1.29. The molecule has 0 unspecified atom stereocenters. The number of hydrogen-bond acceptors (Lipinski definition) is 1. The van der Waals surface area contributed by atoms with Gasteiger partial charge in [0.15, 0.2) is 0 Å². The second-order valence-electron chi connectivity index (χ2n) is 5.40.